The van der Waals surface area contributed by atoms with E-state index in [1.807, 2.05) is 13.0 Å². The SMILES string of the molecule is C[C@@H]1C[C@@H](Nc2cc(N[C@H]3CCCc4ccccc43)ncn2)[C@H](O)[C@@H]1O. The largest absolute Gasteiger partial charge is 0.390 e. The molecule has 0 aliphatic heterocycles. The summed E-state index contributed by atoms with van der Waals surface area (Å²) in [7, 11) is 0. The highest BCUT2D eigenvalue weighted by molar-refractivity contribution is 5.49. The van der Waals surface area contributed by atoms with E-state index in [0.717, 1.165) is 25.1 Å². The maximum Gasteiger partial charge on any atom is 0.131 e. The summed E-state index contributed by atoms with van der Waals surface area (Å²) >= 11 is 0. The Kier molecular flexibility index (Phi) is 4.78. The summed E-state index contributed by atoms with van der Waals surface area (Å²) in [6.07, 6.45) is 4.15. The van der Waals surface area contributed by atoms with Gasteiger partial charge in [0, 0.05) is 6.07 Å². The first-order valence-electron chi connectivity index (χ1n) is 9.41. The molecule has 0 unspecified atom stereocenters. The quantitative estimate of drug-likeness (QED) is 0.674. The highest BCUT2D eigenvalue weighted by atomic mass is 16.3. The molecular weight excluding hydrogens is 328 g/mol. The van der Waals surface area contributed by atoms with Crippen LogP contribution >= 0.6 is 0 Å². The lowest BCUT2D eigenvalue weighted by molar-refractivity contribution is 0.0210. The first-order valence-corrected chi connectivity index (χ1v) is 9.41. The van der Waals surface area contributed by atoms with E-state index in [9.17, 15) is 10.2 Å². The maximum atomic E-state index is 10.2. The average molecular weight is 354 g/mol. The third-order valence-electron chi connectivity index (χ3n) is 5.66. The Morgan fingerprint density at radius 3 is 2.58 bits per heavy atom. The Balaban J connectivity index is 1.47. The van der Waals surface area contributed by atoms with Crippen molar-refractivity contribution in [3.05, 3.63) is 47.8 Å². The molecular formula is C20H26N4O2. The number of rotatable bonds is 4. The normalized spacial score (nSPS) is 30.7. The van der Waals surface area contributed by atoms with Gasteiger partial charge in [-0.1, -0.05) is 31.2 Å². The standard InChI is InChI=1S/C20H26N4O2/c1-12-9-16(20(26)19(12)25)24-18-10-17(21-11-22-18)23-15-8-4-6-13-5-2-3-7-14(13)15/h2-3,5,7,10-12,15-16,19-20,25-26H,4,6,8-9H2,1H3,(H2,21,22,23,24)/t12-,15+,16-,19-,20+/m1/s1. The number of hydrogen-bond acceptors (Lipinski definition) is 6. The van der Waals surface area contributed by atoms with E-state index in [1.54, 1.807) is 0 Å². The van der Waals surface area contributed by atoms with Crippen LogP contribution in [0.3, 0.4) is 0 Å². The van der Waals surface area contributed by atoms with Crippen LogP contribution in [0.15, 0.2) is 36.7 Å². The third-order valence-corrected chi connectivity index (χ3v) is 5.66. The van der Waals surface area contributed by atoms with Gasteiger partial charge in [0.1, 0.15) is 24.1 Å². The molecule has 1 aromatic carbocycles. The minimum Gasteiger partial charge on any atom is -0.390 e. The van der Waals surface area contributed by atoms with Gasteiger partial charge in [0.25, 0.3) is 0 Å². The molecule has 1 fully saturated rings. The van der Waals surface area contributed by atoms with Gasteiger partial charge in [-0.05, 0) is 42.7 Å². The van der Waals surface area contributed by atoms with Crippen molar-refractivity contribution in [3.8, 4) is 0 Å². The monoisotopic (exact) mass is 354 g/mol. The van der Waals surface area contributed by atoms with Crippen molar-refractivity contribution < 1.29 is 10.2 Å². The van der Waals surface area contributed by atoms with Gasteiger partial charge in [-0.25, -0.2) is 9.97 Å². The van der Waals surface area contributed by atoms with Crippen LogP contribution in [0.5, 0.6) is 0 Å². The smallest absolute Gasteiger partial charge is 0.131 e. The average Bonchev–Trinajstić information content (AvgIpc) is 2.89. The molecule has 0 saturated heterocycles. The van der Waals surface area contributed by atoms with Crippen LogP contribution in [0.25, 0.3) is 0 Å². The van der Waals surface area contributed by atoms with Crippen LogP contribution in [0, 0.1) is 5.92 Å². The fraction of sp³-hybridized carbons (Fsp3) is 0.500. The fourth-order valence-corrected chi connectivity index (χ4v) is 4.19. The second-order valence-corrected chi connectivity index (χ2v) is 7.52. The molecule has 0 amide bonds. The van der Waals surface area contributed by atoms with E-state index >= 15 is 0 Å². The van der Waals surface area contributed by atoms with E-state index in [2.05, 4.69) is 44.9 Å². The summed E-state index contributed by atoms with van der Waals surface area (Å²) in [6, 6.07) is 10.5. The lowest BCUT2D eigenvalue weighted by Gasteiger charge is -2.27. The first kappa shape index (κ1) is 17.2. The van der Waals surface area contributed by atoms with Crippen LogP contribution in [-0.2, 0) is 6.42 Å². The lowest BCUT2D eigenvalue weighted by atomic mass is 9.88. The van der Waals surface area contributed by atoms with Crippen LogP contribution < -0.4 is 10.6 Å². The van der Waals surface area contributed by atoms with E-state index < -0.39 is 12.2 Å². The molecule has 1 aromatic heterocycles. The number of aliphatic hydroxyl groups excluding tert-OH is 2. The van der Waals surface area contributed by atoms with Crippen molar-refractivity contribution in [2.75, 3.05) is 10.6 Å². The zero-order valence-corrected chi connectivity index (χ0v) is 15.0. The van der Waals surface area contributed by atoms with Crippen molar-refractivity contribution >= 4 is 11.6 Å². The van der Waals surface area contributed by atoms with Crippen molar-refractivity contribution in [1.29, 1.82) is 0 Å². The Labute approximate surface area is 153 Å². The van der Waals surface area contributed by atoms with Gasteiger partial charge in [0.2, 0.25) is 0 Å². The van der Waals surface area contributed by atoms with Crippen LogP contribution in [0.1, 0.15) is 43.4 Å². The van der Waals surface area contributed by atoms with Gasteiger partial charge >= 0.3 is 0 Å². The fourth-order valence-electron chi connectivity index (χ4n) is 4.19. The number of nitrogens with zero attached hydrogens (tertiary/aromatic N) is 2. The predicted molar refractivity (Wildman–Crippen MR) is 101 cm³/mol. The third kappa shape index (κ3) is 3.39. The molecule has 1 saturated carbocycles. The second kappa shape index (κ2) is 7.21. The molecule has 2 aliphatic rings. The molecule has 2 aromatic rings. The van der Waals surface area contributed by atoms with Gasteiger partial charge in [0.05, 0.1) is 18.2 Å². The minimum atomic E-state index is -0.776. The highest BCUT2D eigenvalue weighted by Crippen LogP contribution is 2.32. The topological polar surface area (TPSA) is 90.3 Å². The number of aromatic nitrogens is 2. The summed E-state index contributed by atoms with van der Waals surface area (Å²) in [5.74, 6) is 1.50. The maximum absolute atomic E-state index is 10.2. The Morgan fingerprint density at radius 1 is 1.04 bits per heavy atom. The van der Waals surface area contributed by atoms with Gasteiger partial charge < -0.3 is 20.8 Å². The van der Waals surface area contributed by atoms with Crippen molar-refractivity contribution in [2.24, 2.45) is 5.92 Å². The Hall–Kier alpha value is -2.18. The molecule has 0 bridgehead atoms. The van der Waals surface area contributed by atoms with E-state index in [1.165, 1.54) is 17.5 Å². The van der Waals surface area contributed by atoms with Gasteiger partial charge in [0.15, 0.2) is 0 Å². The molecule has 0 spiro atoms. The summed E-state index contributed by atoms with van der Waals surface area (Å²) in [5, 5.41) is 26.9. The molecule has 4 N–H and O–H groups in total. The van der Waals surface area contributed by atoms with Crippen molar-refractivity contribution in [1.82, 2.24) is 9.97 Å². The second-order valence-electron chi connectivity index (χ2n) is 7.52. The molecule has 2 aliphatic carbocycles. The molecule has 5 atom stereocenters. The highest BCUT2D eigenvalue weighted by Gasteiger charge is 2.39. The number of aryl methyl sites for hydroxylation is 1. The van der Waals surface area contributed by atoms with Gasteiger partial charge in [-0.2, -0.15) is 0 Å². The van der Waals surface area contributed by atoms with Crippen LogP contribution in [0.2, 0.25) is 0 Å². The molecule has 6 heteroatoms. The number of fused-ring (bicyclic) bond motifs is 1. The molecule has 6 nitrogen and oxygen atoms in total. The summed E-state index contributed by atoms with van der Waals surface area (Å²) in [6.45, 7) is 1.95. The number of aliphatic hydroxyl groups is 2. The number of benzene rings is 1. The van der Waals surface area contributed by atoms with E-state index in [4.69, 9.17) is 0 Å². The summed E-state index contributed by atoms with van der Waals surface area (Å²) in [4.78, 5) is 8.63. The number of nitrogens with one attached hydrogen (secondary N) is 2. The molecule has 1 heterocycles. The zero-order valence-electron chi connectivity index (χ0n) is 15.0. The number of anilines is 2. The van der Waals surface area contributed by atoms with E-state index in [-0.39, 0.29) is 18.0 Å². The van der Waals surface area contributed by atoms with Crippen LogP contribution in [-0.4, -0.2) is 38.4 Å². The first-order chi connectivity index (χ1) is 12.6. The van der Waals surface area contributed by atoms with Gasteiger partial charge in [-0.15, -0.1) is 0 Å². The predicted octanol–water partition coefficient (Wildman–Crippen LogP) is 2.51. The number of hydrogen-bond donors (Lipinski definition) is 4. The van der Waals surface area contributed by atoms with Gasteiger partial charge in [-0.3, -0.25) is 0 Å². The molecule has 4 rings (SSSR count). The Morgan fingerprint density at radius 2 is 1.81 bits per heavy atom. The summed E-state index contributed by atoms with van der Waals surface area (Å²) in [5.41, 5.74) is 2.75. The molecule has 26 heavy (non-hydrogen) atoms. The Bertz CT molecular complexity index is 769. The zero-order chi connectivity index (χ0) is 18.1. The van der Waals surface area contributed by atoms with Crippen LogP contribution in [0.4, 0.5) is 11.6 Å². The van der Waals surface area contributed by atoms with Crippen molar-refractivity contribution in [3.63, 3.8) is 0 Å². The molecule has 138 valence electrons. The van der Waals surface area contributed by atoms with Crippen molar-refractivity contribution in [2.45, 2.75) is 56.9 Å². The summed E-state index contributed by atoms with van der Waals surface area (Å²) < 4.78 is 0. The lowest BCUT2D eigenvalue weighted by Crippen LogP contribution is -2.35. The van der Waals surface area contributed by atoms with E-state index in [0.29, 0.717) is 12.2 Å². The minimum absolute atomic E-state index is 0.0701. The molecule has 0 radical (unpaired) electrons.